The molecule has 2 saturated heterocycles. The molecule has 3 heterocycles. The van der Waals surface area contributed by atoms with Gasteiger partial charge in [0.25, 0.3) is 0 Å². The molecule has 6 heteroatoms. The zero-order chi connectivity index (χ0) is 19.8. The van der Waals surface area contributed by atoms with E-state index in [0.29, 0.717) is 0 Å². The minimum Gasteiger partial charge on any atom is -0.369 e. The number of hydrogen-bond acceptors (Lipinski definition) is 5. The SMILES string of the molecule is CCc1cc(=[N+]2CCNCC2)cc2sc3cc(N4CCNCC4)cc(C)c3nc1-2. The van der Waals surface area contributed by atoms with Crippen LogP contribution in [0.5, 0.6) is 0 Å². The summed E-state index contributed by atoms with van der Waals surface area (Å²) in [6, 6.07) is 9.40. The molecular weight excluding hydrogens is 378 g/mol. The van der Waals surface area contributed by atoms with Crippen molar-refractivity contribution in [3.63, 3.8) is 0 Å². The second kappa shape index (κ2) is 8.01. The number of benzene rings is 2. The van der Waals surface area contributed by atoms with Crippen LogP contribution in [0.1, 0.15) is 18.1 Å². The highest BCUT2D eigenvalue weighted by atomic mass is 32.1. The fourth-order valence-electron chi connectivity index (χ4n) is 4.52. The molecule has 0 bridgehead atoms. The van der Waals surface area contributed by atoms with Crippen molar-refractivity contribution in [1.82, 2.24) is 20.2 Å². The summed E-state index contributed by atoms with van der Waals surface area (Å²) in [5.74, 6) is 0. The number of rotatable bonds is 2. The number of fused-ring (bicyclic) bond motifs is 2. The first-order valence-corrected chi connectivity index (χ1v) is 11.7. The van der Waals surface area contributed by atoms with Crippen molar-refractivity contribution in [3.8, 4) is 10.6 Å². The molecule has 4 aliphatic rings. The van der Waals surface area contributed by atoms with Crippen molar-refractivity contribution in [1.29, 1.82) is 0 Å². The Morgan fingerprint density at radius 1 is 1.03 bits per heavy atom. The highest BCUT2D eigenvalue weighted by Gasteiger charge is 2.19. The monoisotopic (exact) mass is 408 g/mol. The minimum absolute atomic E-state index is 1.01. The van der Waals surface area contributed by atoms with Crippen molar-refractivity contribution in [2.75, 3.05) is 57.3 Å². The lowest BCUT2D eigenvalue weighted by atomic mass is 10.1. The van der Waals surface area contributed by atoms with Crippen LogP contribution in [-0.2, 0) is 6.42 Å². The van der Waals surface area contributed by atoms with Gasteiger partial charge in [-0.2, -0.15) is 0 Å². The van der Waals surface area contributed by atoms with E-state index in [1.807, 2.05) is 11.3 Å². The second-order valence-electron chi connectivity index (χ2n) is 8.10. The quantitative estimate of drug-likeness (QED) is 0.503. The molecule has 0 spiro atoms. The molecule has 0 aromatic heterocycles. The molecule has 0 unspecified atom stereocenters. The highest BCUT2D eigenvalue weighted by molar-refractivity contribution is 7.21. The average Bonchev–Trinajstić information content (AvgIpc) is 2.78. The van der Waals surface area contributed by atoms with Gasteiger partial charge in [0.1, 0.15) is 0 Å². The Morgan fingerprint density at radius 3 is 2.55 bits per heavy atom. The maximum absolute atomic E-state index is 5.17. The molecule has 29 heavy (non-hydrogen) atoms. The van der Waals surface area contributed by atoms with Crippen molar-refractivity contribution in [2.24, 2.45) is 0 Å². The fraction of sp³-hybridized carbons (Fsp3) is 0.478. The van der Waals surface area contributed by atoms with Gasteiger partial charge in [-0.05, 0) is 36.6 Å². The van der Waals surface area contributed by atoms with Crippen LogP contribution in [0.2, 0.25) is 0 Å². The van der Waals surface area contributed by atoms with Crippen LogP contribution in [0.15, 0.2) is 24.3 Å². The average molecular weight is 409 g/mol. The number of aromatic nitrogens is 1. The van der Waals surface area contributed by atoms with E-state index in [-0.39, 0.29) is 0 Å². The molecule has 0 amide bonds. The molecule has 1 aromatic rings. The van der Waals surface area contributed by atoms with E-state index in [1.165, 1.54) is 37.4 Å². The van der Waals surface area contributed by atoms with Gasteiger partial charge in [-0.3, -0.25) is 0 Å². The van der Waals surface area contributed by atoms with E-state index >= 15 is 0 Å². The van der Waals surface area contributed by atoms with Crippen molar-refractivity contribution >= 4 is 27.2 Å². The van der Waals surface area contributed by atoms with E-state index in [2.05, 4.69) is 58.2 Å². The van der Waals surface area contributed by atoms with Crippen LogP contribution >= 0.6 is 11.3 Å². The normalized spacial score (nSPS) is 18.0. The molecule has 5 rings (SSSR count). The van der Waals surface area contributed by atoms with Crippen LogP contribution in [0, 0.1) is 6.92 Å². The highest BCUT2D eigenvalue weighted by Crippen LogP contribution is 2.35. The molecule has 2 N–H and O–H groups in total. The van der Waals surface area contributed by atoms with Gasteiger partial charge in [0, 0.05) is 44.0 Å². The molecule has 1 aliphatic carbocycles. The Bertz CT molecular complexity index is 1070. The number of nitrogens with zero attached hydrogens (tertiary/aromatic N) is 3. The van der Waals surface area contributed by atoms with Gasteiger partial charge in [0.05, 0.1) is 33.9 Å². The van der Waals surface area contributed by atoms with Gasteiger partial charge >= 0.3 is 0 Å². The molecule has 152 valence electrons. The number of aryl methyl sites for hydroxylation is 2. The summed E-state index contributed by atoms with van der Waals surface area (Å²) < 4.78 is 3.81. The molecule has 1 aromatic carbocycles. The summed E-state index contributed by atoms with van der Waals surface area (Å²) in [6.45, 7) is 13.0. The predicted octanol–water partition coefficient (Wildman–Crippen LogP) is 2.06. The lowest BCUT2D eigenvalue weighted by Gasteiger charge is -2.30. The van der Waals surface area contributed by atoms with E-state index < -0.39 is 0 Å². The molecule has 2 fully saturated rings. The Balaban J connectivity index is 1.69. The first kappa shape index (κ1) is 19.0. The van der Waals surface area contributed by atoms with Crippen LogP contribution in [0.25, 0.3) is 20.8 Å². The molecule has 5 nitrogen and oxygen atoms in total. The standard InChI is InChI=1S/C23H30N5S/c1-3-17-13-19(28-10-6-25-7-11-28)15-21-23(17)26-22-16(2)12-18(14-20(22)29-21)27-8-4-24-5-9-27/h12-15,24-25H,3-11H2,1-2H3/q+1. The molecule has 3 aliphatic heterocycles. The third kappa shape index (κ3) is 3.65. The summed E-state index contributed by atoms with van der Waals surface area (Å²) in [5, 5.41) is 8.26. The summed E-state index contributed by atoms with van der Waals surface area (Å²) in [7, 11) is 0. The molecule has 0 atom stereocenters. The van der Waals surface area contributed by atoms with Gasteiger partial charge < -0.3 is 15.5 Å². The third-order valence-corrected chi connectivity index (χ3v) is 7.24. The predicted molar refractivity (Wildman–Crippen MR) is 123 cm³/mol. The summed E-state index contributed by atoms with van der Waals surface area (Å²) in [6.07, 6.45) is 1.01. The third-order valence-electron chi connectivity index (χ3n) is 6.18. The van der Waals surface area contributed by atoms with Gasteiger partial charge in [-0.15, -0.1) is 11.3 Å². The van der Waals surface area contributed by atoms with E-state index in [0.717, 1.165) is 64.3 Å². The topological polar surface area (TPSA) is 43.2 Å². The number of hydrogen-bond donors (Lipinski definition) is 2. The maximum Gasteiger partial charge on any atom is 0.201 e. The fourth-order valence-corrected chi connectivity index (χ4v) is 5.69. The van der Waals surface area contributed by atoms with Gasteiger partial charge in [0.15, 0.2) is 13.1 Å². The van der Waals surface area contributed by atoms with Crippen LogP contribution in [0.4, 0.5) is 5.69 Å². The zero-order valence-electron chi connectivity index (χ0n) is 17.4. The number of piperazine rings is 2. The Labute approximate surface area is 176 Å². The van der Waals surface area contributed by atoms with E-state index in [1.54, 1.807) is 0 Å². The Morgan fingerprint density at radius 2 is 1.79 bits per heavy atom. The Kier molecular flexibility index (Phi) is 5.24. The minimum atomic E-state index is 1.01. The number of nitrogens with one attached hydrogen (secondary N) is 2. The van der Waals surface area contributed by atoms with Crippen molar-refractivity contribution in [3.05, 3.63) is 40.7 Å². The van der Waals surface area contributed by atoms with Gasteiger partial charge in [-0.1, -0.05) is 6.92 Å². The molecule has 0 radical (unpaired) electrons. The van der Waals surface area contributed by atoms with Gasteiger partial charge in [-0.25, -0.2) is 9.56 Å². The first-order valence-electron chi connectivity index (χ1n) is 10.9. The maximum atomic E-state index is 5.17. The lowest BCUT2D eigenvalue weighted by Crippen LogP contribution is -2.45. The first-order chi connectivity index (χ1) is 14.2. The smallest absolute Gasteiger partial charge is 0.201 e. The van der Waals surface area contributed by atoms with Crippen LogP contribution in [-0.4, -0.2) is 57.3 Å². The number of anilines is 1. The van der Waals surface area contributed by atoms with Gasteiger partial charge in [0.2, 0.25) is 5.36 Å². The lowest BCUT2D eigenvalue weighted by molar-refractivity contribution is 0.466. The Hall–Kier alpha value is -2.02. The second-order valence-corrected chi connectivity index (χ2v) is 9.19. The van der Waals surface area contributed by atoms with E-state index in [4.69, 9.17) is 4.98 Å². The van der Waals surface area contributed by atoms with E-state index in [9.17, 15) is 0 Å². The van der Waals surface area contributed by atoms with Crippen LogP contribution in [0.3, 0.4) is 0 Å². The van der Waals surface area contributed by atoms with Crippen molar-refractivity contribution < 1.29 is 0 Å². The van der Waals surface area contributed by atoms with Crippen molar-refractivity contribution in [2.45, 2.75) is 20.3 Å². The summed E-state index contributed by atoms with van der Waals surface area (Å²) in [5.41, 5.74) is 6.32. The molecular formula is C23H30N5S+. The largest absolute Gasteiger partial charge is 0.369 e. The zero-order valence-corrected chi connectivity index (χ0v) is 18.2. The summed E-state index contributed by atoms with van der Waals surface area (Å²) in [4.78, 5) is 8.97. The summed E-state index contributed by atoms with van der Waals surface area (Å²) >= 11 is 1.90. The molecule has 0 saturated carbocycles. The van der Waals surface area contributed by atoms with Crippen LogP contribution < -0.4 is 25.5 Å².